The van der Waals surface area contributed by atoms with Crippen LogP contribution in [-0.2, 0) is 9.53 Å². The molecule has 0 bridgehead atoms. The zero-order valence-electron chi connectivity index (χ0n) is 8.06. The molecule has 0 saturated heterocycles. The summed E-state index contributed by atoms with van der Waals surface area (Å²) in [5, 5.41) is 0. The first kappa shape index (κ1) is 11.1. The van der Waals surface area contributed by atoms with Crippen LogP contribution >= 0.6 is 23.2 Å². The molecule has 0 aromatic rings. The van der Waals surface area contributed by atoms with Gasteiger partial charge in [-0.15, -0.1) is 23.2 Å². The van der Waals surface area contributed by atoms with Gasteiger partial charge in [-0.05, 0) is 13.3 Å². The van der Waals surface area contributed by atoms with Crippen molar-refractivity contribution in [2.45, 2.75) is 31.5 Å². The molecule has 1 rings (SSSR count). The van der Waals surface area contributed by atoms with Crippen LogP contribution in [0.5, 0.6) is 0 Å². The molecule has 2 atom stereocenters. The Balaban J connectivity index is 2.81. The Morgan fingerprint density at radius 2 is 1.92 bits per heavy atom. The van der Waals surface area contributed by atoms with Crippen molar-refractivity contribution in [1.82, 2.24) is 0 Å². The van der Waals surface area contributed by atoms with E-state index in [1.807, 2.05) is 13.8 Å². The summed E-state index contributed by atoms with van der Waals surface area (Å²) in [6.07, 6.45) is 0.625. The van der Waals surface area contributed by atoms with E-state index in [4.69, 9.17) is 27.9 Å². The average molecular weight is 225 g/mol. The van der Waals surface area contributed by atoms with Gasteiger partial charge < -0.3 is 4.74 Å². The zero-order chi connectivity index (χ0) is 10.3. The van der Waals surface area contributed by atoms with Gasteiger partial charge in [0.05, 0.1) is 6.61 Å². The smallest absolute Gasteiger partial charge is 0.315 e. The minimum atomic E-state index is -0.937. The molecule has 0 heterocycles. The number of alkyl halides is 2. The fraction of sp³-hybridized carbons (Fsp3) is 0.889. The van der Waals surface area contributed by atoms with E-state index in [9.17, 15) is 4.79 Å². The lowest BCUT2D eigenvalue weighted by atomic mass is 10.0. The van der Waals surface area contributed by atoms with Gasteiger partial charge in [0.1, 0.15) is 9.75 Å². The summed E-state index contributed by atoms with van der Waals surface area (Å²) < 4.78 is 4.02. The zero-order valence-corrected chi connectivity index (χ0v) is 9.58. The first-order valence-electron chi connectivity index (χ1n) is 4.50. The van der Waals surface area contributed by atoms with Crippen LogP contribution in [0.4, 0.5) is 0 Å². The Kier molecular flexibility index (Phi) is 2.84. The molecule has 1 fully saturated rings. The predicted octanol–water partition coefficient (Wildman–Crippen LogP) is 2.77. The van der Waals surface area contributed by atoms with Crippen molar-refractivity contribution < 1.29 is 9.53 Å². The van der Waals surface area contributed by atoms with E-state index < -0.39 is 9.75 Å². The van der Waals surface area contributed by atoms with Crippen LogP contribution in [0, 0.1) is 11.3 Å². The summed E-state index contributed by atoms with van der Waals surface area (Å²) in [4.78, 5) is 11.6. The molecule has 4 heteroatoms. The second kappa shape index (κ2) is 3.32. The summed E-state index contributed by atoms with van der Waals surface area (Å²) in [7, 11) is 0. The minimum absolute atomic E-state index is 0.0209. The monoisotopic (exact) mass is 224 g/mol. The van der Waals surface area contributed by atoms with Gasteiger partial charge in [-0.3, -0.25) is 4.79 Å². The van der Waals surface area contributed by atoms with Gasteiger partial charge in [-0.2, -0.15) is 0 Å². The highest BCUT2D eigenvalue weighted by atomic mass is 35.5. The quantitative estimate of drug-likeness (QED) is 0.545. The molecule has 76 valence electrons. The molecule has 0 N–H and O–H groups in total. The molecule has 2 unspecified atom stereocenters. The molecule has 0 spiro atoms. The molecule has 1 aliphatic carbocycles. The Bertz CT molecular complexity index is 228. The van der Waals surface area contributed by atoms with Crippen LogP contribution < -0.4 is 0 Å². The maximum Gasteiger partial charge on any atom is 0.315 e. The largest absolute Gasteiger partial charge is 0.465 e. The molecule has 1 aliphatic rings. The maximum absolute atomic E-state index is 11.6. The second-order valence-electron chi connectivity index (χ2n) is 3.39. The van der Waals surface area contributed by atoms with Gasteiger partial charge in [0.25, 0.3) is 0 Å². The van der Waals surface area contributed by atoms with Crippen molar-refractivity contribution >= 4 is 29.2 Å². The van der Waals surface area contributed by atoms with Crippen LogP contribution in [0.1, 0.15) is 27.2 Å². The van der Waals surface area contributed by atoms with Crippen molar-refractivity contribution in [3.8, 4) is 0 Å². The Morgan fingerprint density at radius 1 is 1.46 bits per heavy atom. The van der Waals surface area contributed by atoms with E-state index in [0.717, 1.165) is 0 Å². The molecule has 1 saturated carbocycles. The molecule has 0 radical (unpaired) electrons. The van der Waals surface area contributed by atoms with Gasteiger partial charge in [0, 0.05) is 5.92 Å². The van der Waals surface area contributed by atoms with Crippen molar-refractivity contribution in [2.75, 3.05) is 6.61 Å². The van der Waals surface area contributed by atoms with E-state index in [1.54, 1.807) is 6.92 Å². The summed E-state index contributed by atoms with van der Waals surface area (Å²) >= 11 is 12.0. The topological polar surface area (TPSA) is 26.3 Å². The van der Waals surface area contributed by atoms with Gasteiger partial charge in [0.2, 0.25) is 0 Å². The molecule has 0 aliphatic heterocycles. The fourth-order valence-corrected chi connectivity index (χ4v) is 2.91. The first-order valence-corrected chi connectivity index (χ1v) is 5.25. The standard InChI is InChI=1S/C9H14Cl2O2/c1-4-8(7(12)13-5-2)6(3)9(8,10)11/h6H,4-5H2,1-3H3. The molecule has 2 nitrogen and oxygen atoms in total. The van der Waals surface area contributed by atoms with Crippen LogP contribution in [-0.4, -0.2) is 16.9 Å². The summed E-state index contributed by atoms with van der Waals surface area (Å²) in [6.45, 7) is 5.93. The van der Waals surface area contributed by atoms with Crippen LogP contribution in [0.2, 0.25) is 0 Å². The molecular formula is C9H14Cl2O2. The normalized spacial score (nSPS) is 35.6. The predicted molar refractivity (Wildman–Crippen MR) is 53.0 cm³/mol. The van der Waals surface area contributed by atoms with Gasteiger partial charge in [0.15, 0.2) is 0 Å². The van der Waals surface area contributed by atoms with E-state index in [2.05, 4.69) is 0 Å². The Morgan fingerprint density at radius 3 is 2.15 bits per heavy atom. The van der Waals surface area contributed by atoms with Crippen LogP contribution in [0.3, 0.4) is 0 Å². The molecule has 0 aromatic heterocycles. The number of hydrogen-bond donors (Lipinski definition) is 0. The van der Waals surface area contributed by atoms with Crippen molar-refractivity contribution in [3.63, 3.8) is 0 Å². The van der Waals surface area contributed by atoms with Gasteiger partial charge >= 0.3 is 5.97 Å². The fourth-order valence-electron chi connectivity index (χ4n) is 1.90. The van der Waals surface area contributed by atoms with E-state index >= 15 is 0 Å². The van der Waals surface area contributed by atoms with Crippen molar-refractivity contribution in [3.05, 3.63) is 0 Å². The van der Waals surface area contributed by atoms with E-state index in [0.29, 0.717) is 13.0 Å². The van der Waals surface area contributed by atoms with E-state index in [-0.39, 0.29) is 11.9 Å². The average Bonchev–Trinajstić information content (AvgIpc) is 2.48. The third-order valence-corrected chi connectivity index (χ3v) is 4.32. The number of carbonyl (C=O) groups is 1. The maximum atomic E-state index is 11.6. The SMILES string of the molecule is CCOC(=O)C1(CC)C(C)C1(Cl)Cl. The van der Waals surface area contributed by atoms with Gasteiger partial charge in [-0.1, -0.05) is 13.8 Å². The summed E-state index contributed by atoms with van der Waals surface area (Å²) in [5.74, 6) is -0.289. The molecule has 0 amide bonds. The highest BCUT2D eigenvalue weighted by molar-refractivity contribution is 6.53. The van der Waals surface area contributed by atoms with Crippen LogP contribution in [0.15, 0.2) is 0 Å². The summed E-state index contributed by atoms with van der Waals surface area (Å²) in [5.41, 5.74) is -0.674. The number of rotatable bonds is 3. The van der Waals surface area contributed by atoms with Crippen LogP contribution in [0.25, 0.3) is 0 Å². The number of halogens is 2. The molecule has 0 aromatic carbocycles. The molecular weight excluding hydrogens is 211 g/mol. The lowest BCUT2D eigenvalue weighted by Crippen LogP contribution is -2.24. The lowest BCUT2D eigenvalue weighted by molar-refractivity contribution is -0.150. The third-order valence-electron chi connectivity index (χ3n) is 2.99. The Hall–Kier alpha value is 0.0500. The number of ether oxygens (including phenoxy) is 1. The Labute approximate surface area is 88.5 Å². The number of hydrogen-bond acceptors (Lipinski definition) is 2. The summed E-state index contributed by atoms with van der Waals surface area (Å²) in [6, 6.07) is 0. The van der Waals surface area contributed by atoms with Crippen molar-refractivity contribution in [2.24, 2.45) is 11.3 Å². The minimum Gasteiger partial charge on any atom is -0.465 e. The lowest BCUT2D eigenvalue weighted by Gasteiger charge is -2.13. The van der Waals surface area contributed by atoms with E-state index in [1.165, 1.54) is 0 Å². The second-order valence-corrected chi connectivity index (χ2v) is 4.78. The molecule has 13 heavy (non-hydrogen) atoms. The van der Waals surface area contributed by atoms with Crippen molar-refractivity contribution in [1.29, 1.82) is 0 Å². The number of esters is 1. The third kappa shape index (κ3) is 1.26. The first-order chi connectivity index (χ1) is 5.95. The number of carbonyl (C=O) groups excluding carboxylic acids is 1. The van der Waals surface area contributed by atoms with Gasteiger partial charge in [-0.25, -0.2) is 0 Å². The highest BCUT2D eigenvalue weighted by Gasteiger charge is 2.77. The highest BCUT2D eigenvalue weighted by Crippen LogP contribution is 2.71.